The van der Waals surface area contributed by atoms with E-state index in [1.54, 1.807) is 4.90 Å². The molecule has 17 heavy (non-hydrogen) atoms. The predicted octanol–water partition coefficient (Wildman–Crippen LogP) is 0.0842. The van der Waals surface area contributed by atoms with Crippen molar-refractivity contribution in [1.29, 1.82) is 0 Å². The molecule has 2 heterocycles. The number of amides is 1. The van der Waals surface area contributed by atoms with E-state index in [0.29, 0.717) is 13.1 Å². The molecule has 2 aliphatic heterocycles. The molecule has 2 rings (SSSR count). The third-order valence-electron chi connectivity index (χ3n) is 2.74. The molecule has 0 aromatic heterocycles. The third kappa shape index (κ3) is 2.24. The fourth-order valence-corrected chi connectivity index (χ4v) is 1.87. The SMILES string of the molecule is COC1=NC(=[N+]=[N-])C(C(=O)N2CCCCC2)=N1. The van der Waals surface area contributed by atoms with Gasteiger partial charge in [-0.2, -0.15) is 4.99 Å². The van der Waals surface area contributed by atoms with Gasteiger partial charge in [0.2, 0.25) is 5.71 Å². The van der Waals surface area contributed by atoms with Gasteiger partial charge in [0, 0.05) is 18.1 Å². The molecule has 90 valence electrons. The minimum atomic E-state index is -0.256. The van der Waals surface area contributed by atoms with Gasteiger partial charge in [-0.1, -0.05) is 0 Å². The number of nitrogens with zero attached hydrogens (tertiary/aromatic N) is 5. The Morgan fingerprint density at radius 3 is 2.65 bits per heavy atom. The maximum absolute atomic E-state index is 12.1. The molecule has 0 atom stereocenters. The average molecular weight is 235 g/mol. The van der Waals surface area contributed by atoms with Crippen molar-refractivity contribution < 1.29 is 14.3 Å². The van der Waals surface area contributed by atoms with E-state index in [1.165, 1.54) is 7.11 Å². The molecule has 1 amide bonds. The number of hydrogen-bond acceptors (Lipinski definition) is 3. The monoisotopic (exact) mass is 235 g/mol. The van der Waals surface area contributed by atoms with E-state index in [4.69, 9.17) is 10.3 Å². The highest BCUT2D eigenvalue weighted by Gasteiger charge is 2.37. The maximum atomic E-state index is 12.1. The van der Waals surface area contributed by atoms with E-state index < -0.39 is 0 Å². The Bertz CT molecular complexity index is 442. The molecule has 2 aliphatic rings. The Hall–Kier alpha value is -2.01. The van der Waals surface area contributed by atoms with Crippen molar-refractivity contribution in [2.45, 2.75) is 19.3 Å². The number of aliphatic imine (C=N–C) groups is 2. The lowest BCUT2D eigenvalue weighted by molar-refractivity contribution is -0.124. The van der Waals surface area contributed by atoms with E-state index >= 15 is 0 Å². The second-order valence-corrected chi connectivity index (χ2v) is 3.84. The standard InChI is InChI=1S/C10H13N5O2/c1-17-10-12-7(8(13-10)14-11)9(16)15-5-3-2-4-6-15/h2-6H2,1H3. The van der Waals surface area contributed by atoms with Gasteiger partial charge in [0.1, 0.15) is 0 Å². The first-order chi connectivity index (χ1) is 8.26. The van der Waals surface area contributed by atoms with Crippen LogP contribution in [-0.4, -0.2) is 53.4 Å². The van der Waals surface area contributed by atoms with Crippen LogP contribution in [0.4, 0.5) is 0 Å². The first-order valence-corrected chi connectivity index (χ1v) is 5.49. The molecular weight excluding hydrogens is 222 g/mol. The molecular formula is C10H13N5O2. The van der Waals surface area contributed by atoms with Gasteiger partial charge in [-0.15, -0.1) is 0 Å². The molecule has 0 unspecified atom stereocenters. The Balaban J connectivity index is 2.17. The van der Waals surface area contributed by atoms with Crippen LogP contribution in [-0.2, 0) is 9.53 Å². The van der Waals surface area contributed by atoms with Gasteiger partial charge >= 0.3 is 11.9 Å². The molecule has 0 N–H and O–H groups in total. The number of piperidine rings is 1. The van der Waals surface area contributed by atoms with Gasteiger partial charge in [0.25, 0.3) is 5.91 Å². The normalized spacial score (nSPS) is 19.6. The molecule has 1 fully saturated rings. The van der Waals surface area contributed by atoms with Gasteiger partial charge in [-0.05, 0) is 19.3 Å². The van der Waals surface area contributed by atoms with Crippen LogP contribution in [0.1, 0.15) is 19.3 Å². The van der Waals surface area contributed by atoms with Crippen LogP contribution in [0.25, 0.3) is 5.53 Å². The Morgan fingerprint density at radius 2 is 2.06 bits per heavy atom. The summed E-state index contributed by atoms with van der Waals surface area (Å²) in [7, 11) is 1.39. The number of hydrogen-bond donors (Lipinski definition) is 0. The zero-order valence-electron chi connectivity index (χ0n) is 9.59. The summed E-state index contributed by atoms with van der Waals surface area (Å²) in [6.45, 7) is 1.41. The largest absolute Gasteiger partial charge is 0.497 e. The molecule has 0 saturated carbocycles. The van der Waals surface area contributed by atoms with Crippen molar-refractivity contribution in [3.8, 4) is 0 Å². The van der Waals surface area contributed by atoms with Gasteiger partial charge in [-0.25, -0.2) is 0 Å². The third-order valence-corrected chi connectivity index (χ3v) is 2.74. The molecule has 0 aliphatic carbocycles. The van der Waals surface area contributed by atoms with Crippen molar-refractivity contribution in [2.24, 2.45) is 9.98 Å². The van der Waals surface area contributed by atoms with E-state index in [0.717, 1.165) is 19.3 Å². The molecule has 7 heteroatoms. The van der Waals surface area contributed by atoms with Crippen molar-refractivity contribution in [1.82, 2.24) is 4.90 Å². The zero-order chi connectivity index (χ0) is 12.3. The topological polar surface area (TPSA) is 90.7 Å². The van der Waals surface area contributed by atoms with E-state index in [1.807, 2.05) is 0 Å². The lowest BCUT2D eigenvalue weighted by Gasteiger charge is -2.25. The molecule has 7 nitrogen and oxygen atoms in total. The zero-order valence-corrected chi connectivity index (χ0v) is 9.59. The van der Waals surface area contributed by atoms with Gasteiger partial charge in [0.15, 0.2) is 0 Å². The first-order valence-electron chi connectivity index (χ1n) is 5.49. The summed E-state index contributed by atoms with van der Waals surface area (Å²) in [6.07, 6.45) is 3.11. The first kappa shape index (κ1) is 11.5. The highest BCUT2D eigenvalue weighted by molar-refractivity contribution is 6.68. The summed E-state index contributed by atoms with van der Waals surface area (Å²) in [5, 5.41) is 0. The predicted molar refractivity (Wildman–Crippen MR) is 60.9 cm³/mol. The summed E-state index contributed by atoms with van der Waals surface area (Å²) < 4.78 is 4.81. The van der Waals surface area contributed by atoms with Crippen LogP contribution in [0.15, 0.2) is 9.98 Å². The number of likely N-dealkylation sites (tertiary alicyclic amines) is 1. The fourth-order valence-electron chi connectivity index (χ4n) is 1.87. The van der Waals surface area contributed by atoms with Crippen molar-refractivity contribution >= 4 is 23.5 Å². The molecule has 0 bridgehead atoms. The number of ether oxygens (including phenoxy) is 1. The highest BCUT2D eigenvalue weighted by Crippen LogP contribution is 2.11. The molecule has 1 saturated heterocycles. The molecule has 0 spiro atoms. The number of carbonyl (C=O) groups is 1. The van der Waals surface area contributed by atoms with Gasteiger partial charge in [-0.3, -0.25) is 4.79 Å². The number of rotatable bonds is 1. The number of methoxy groups -OCH3 is 1. The number of amidine groups is 2. The maximum Gasteiger partial charge on any atom is 0.438 e. The molecule has 0 aromatic rings. The Morgan fingerprint density at radius 1 is 1.35 bits per heavy atom. The lowest BCUT2D eigenvalue weighted by Crippen LogP contribution is -2.42. The van der Waals surface area contributed by atoms with Crippen molar-refractivity contribution in [3.63, 3.8) is 0 Å². The van der Waals surface area contributed by atoms with Crippen molar-refractivity contribution in [2.75, 3.05) is 20.2 Å². The van der Waals surface area contributed by atoms with Gasteiger partial charge < -0.3 is 20.0 Å². The van der Waals surface area contributed by atoms with Crippen LogP contribution in [0.3, 0.4) is 0 Å². The van der Waals surface area contributed by atoms with Crippen LogP contribution in [0, 0.1) is 0 Å². The Kier molecular flexibility index (Phi) is 3.30. The number of carbonyl (C=O) groups excluding carboxylic acids is 1. The minimum absolute atomic E-state index is 0.0400. The lowest BCUT2D eigenvalue weighted by atomic mass is 10.1. The molecule has 0 radical (unpaired) electrons. The van der Waals surface area contributed by atoms with Crippen LogP contribution >= 0.6 is 0 Å². The highest BCUT2D eigenvalue weighted by atomic mass is 16.5. The van der Waals surface area contributed by atoms with Crippen molar-refractivity contribution in [3.05, 3.63) is 5.53 Å². The van der Waals surface area contributed by atoms with Crippen LogP contribution < -0.4 is 0 Å². The quantitative estimate of drug-likeness (QED) is 0.476. The summed E-state index contributed by atoms with van der Waals surface area (Å²) in [5.74, 6) is -0.342. The van der Waals surface area contributed by atoms with E-state index in [9.17, 15) is 4.79 Å². The molecule has 0 aromatic carbocycles. The average Bonchev–Trinajstić information content (AvgIpc) is 2.82. The minimum Gasteiger partial charge on any atom is -0.497 e. The van der Waals surface area contributed by atoms with E-state index in [2.05, 4.69) is 14.8 Å². The summed E-state index contributed by atoms with van der Waals surface area (Å²) >= 11 is 0. The Labute approximate surface area is 98.4 Å². The van der Waals surface area contributed by atoms with Crippen LogP contribution in [0.2, 0.25) is 0 Å². The summed E-state index contributed by atoms with van der Waals surface area (Å²) in [5.41, 5.74) is 8.82. The summed E-state index contributed by atoms with van der Waals surface area (Å²) in [4.78, 5) is 24.4. The van der Waals surface area contributed by atoms with Gasteiger partial charge in [0.05, 0.1) is 7.11 Å². The smallest absolute Gasteiger partial charge is 0.438 e. The summed E-state index contributed by atoms with van der Waals surface area (Å²) in [6, 6.07) is 0.0400. The fraction of sp³-hybridized carbons (Fsp3) is 0.600. The van der Waals surface area contributed by atoms with Crippen LogP contribution in [0.5, 0.6) is 0 Å². The second-order valence-electron chi connectivity index (χ2n) is 3.84. The van der Waals surface area contributed by atoms with E-state index in [-0.39, 0.29) is 23.5 Å². The second kappa shape index (κ2) is 4.88.